The molecule has 1 aliphatic rings. The second kappa shape index (κ2) is 5.65. The second-order valence-electron chi connectivity index (χ2n) is 5.00. The molecule has 1 aliphatic heterocycles. The van der Waals surface area contributed by atoms with Crippen LogP contribution in [-0.4, -0.2) is 17.3 Å². The van der Waals surface area contributed by atoms with Gasteiger partial charge in [-0.25, -0.2) is 0 Å². The van der Waals surface area contributed by atoms with E-state index in [0.717, 1.165) is 31.2 Å². The topological polar surface area (TPSA) is 29.5 Å². The minimum Gasteiger partial charge on any atom is -0.386 e. The van der Waals surface area contributed by atoms with Crippen molar-refractivity contribution in [3.05, 3.63) is 35.4 Å². The van der Waals surface area contributed by atoms with E-state index in [4.69, 9.17) is 4.74 Å². The number of hydrogen-bond donors (Lipinski definition) is 1. The van der Waals surface area contributed by atoms with Crippen molar-refractivity contribution in [2.24, 2.45) is 0 Å². The molecular formula is C15H22O2. The number of aliphatic hydroxyl groups is 1. The van der Waals surface area contributed by atoms with E-state index < -0.39 is 6.10 Å². The maximum Gasteiger partial charge on any atom is 0.105 e. The molecule has 1 aromatic carbocycles. The second-order valence-corrected chi connectivity index (χ2v) is 5.00. The summed E-state index contributed by atoms with van der Waals surface area (Å²) in [7, 11) is 0. The van der Waals surface area contributed by atoms with E-state index in [1.165, 1.54) is 5.56 Å². The molecule has 17 heavy (non-hydrogen) atoms. The summed E-state index contributed by atoms with van der Waals surface area (Å²) < 4.78 is 5.71. The summed E-state index contributed by atoms with van der Waals surface area (Å²) in [6.07, 6.45) is 4.05. The van der Waals surface area contributed by atoms with Gasteiger partial charge in [0.05, 0.1) is 12.2 Å². The zero-order valence-electron chi connectivity index (χ0n) is 10.7. The molecule has 1 N–H and O–H groups in total. The van der Waals surface area contributed by atoms with Gasteiger partial charge in [-0.3, -0.25) is 0 Å². The largest absolute Gasteiger partial charge is 0.386 e. The Morgan fingerprint density at radius 1 is 1.29 bits per heavy atom. The first-order valence-electron chi connectivity index (χ1n) is 6.63. The summed E-state index contributed by atoms with van der Waals surface area (Å²) in [5.74, 6) is 0. The molecule has 0 radical (unpaired) electrons. The molecule has 1 fully saturated rings. The number of ether oxygens (including phenoxy) is 1. The minimum absolute atomic E-state index is 0.0259. The predicted molar refractivity (Wildman–Crippen MR) is 69.0 cm³/mol. The van der Waals surface area contributed by atoms with E-state index in [9.17, 15) is 5.11 Å². The third-order valence-electron chi connectivity index (χ3n) is 3.48. The third kappa shape index (κ3) is 3.08. The van der Waals surface area contributed by atoms with Crippen LogP contribution in [0.3, 0.4) is 0 Å². The van der Waals surface area contributed by atoms with Crippen LogP contribution in [0.15, 0.2) is 24.3 Å². The SMILES string of the molecule is CCCc1ccc(C(O)C2CCC(C)O2)cc1. The number of rotatable bonds is 4. The Morgan fingerprint density at radius 2 is 2.00 bits per heavy atom. The summed E-state index contributed by atoms with van der Waals surface area (Å²) in [6.45, 7) is 4.24. The molecule has 0 bridgehead atoms. The van der Waals surface area contributed by atoms with Gasteiger partial charge in [-0.1, -0.05) is 37.6 Å². The molecule has 0 aromatic heterocycles. The summed E-state index contributed by atoms with van der Waals surface area (Å²) in [6, 6.07) is 8.28. The molecule has 2 rings (SSSR count). The average molecular weight is 234 g/mol. The molecule has 1 saturated heterocycles. The minimum atomic E-state index is -0.476. The Kier molecular flexibility index (Phi) is 4.19. The van der Waals surface area contributed by atoms with Gasteiger partial charge in [0.25, 0.3) is 0 Å². The van der Waals surface area contributed by atoms with E-state index in [0.29, 0.717) is 0 Å². The first-order valence-corrected chi connectivity index (χ1v) is 6.63. The van der Waals surface area contributed by atoms with E-state index in [2.05, 4.69) is 26.0 Å². The standard InChI is InChI=1S/C15H22O2/c1-3-4-12-6-8-13(9-7-12)15(16)14-10-5-11(2)17-14/h6-9,11,14-16H,3-5,10H2,1-2H3. The van der Waals surface area contributed by atoms with Crippen molar-refractivity contribution in [2.75, 3.05) is 0 Å². The van der Waals surface area contributed by atoms with Crippen molar-refractivity contribution >= 4 is 0 Å². The summed E-state index contributed by atoms with van der Waals surface area (Å²) in [4.78, 5) is 0. The lowest BCUT2D eigenvalue weighted by atomic mass is 10.00. The highest BCUT2D eigenvalue weighted by atomic mass is 16.5. The van der Waals surface area contributed by atoms with Crippen LogP contribution < -0.4 is 0 Å². The fraction of sp³-hybridized carbons (Fsp3) is 0.600. The van der Waals surface area contributed by atoms with Crippen molar-refractivity contribution in [1.29, 1.82) is 0 Å². The van der Waals surface area contributed by atoms with Gasteiger partial charge in [-0.05, 0) is 37.3 Å². The Hall–Kier alpha value is -0.860. The maximum absolute atomic E-state index is 10.2. The van der Waals surface area contributed by atoms with E-state index >= 15 is 0 Å². The number of aryl methyl sites for hydroxylation is 1. The highest BCUT2D eigenvalue weighted by Gasteiger charge is 2.29. The van der Waals surface area contributed by atoms with E-state index in [-0.39, 0.29) is 12.2 Å². The number of benzene rings is 1. The predicted octanol–water partition coefficient (Wildman–Crippen LogP) is 3.24. The van der Waals surface area contributed by atoms with Crippen LogP contribution in [0.4, 0.5) is 0 Å². The van der Waals surface area contributed by atoms with Crippen LogP contribution in [0.5, 0.6) is 0 Å². The van der Waals surface area contributed by atoms with Crippen molar-refractivity contribution in [3.8, 4) is 0 Å². The molecule has 1 aromatic rings. The van der Waals surface area contributed by atoms with Crippen LogP contribution in [0.1, 0.15) is 50.3 Å². The summed E-state index contributed by atoms with van der Waals surface area (Å²) in [5.41, 5.74) is 2.31. The van der Waals surface area contributed by atoms with Crippen molar-refractivity contribution in [2.45, 2.75) is 57.8 Å². The van der Waals surface area contributed by atoms with E-state index in [1.807, 2.05) is 12.1 Å². The molecule has 94 valence electrons. The molecule has 0 aliphatic carbocycles. The lowest BCUT2D eigenvalue weighted by Gasteiger charge is -2.19. The van der Waals surface area contributed by atoms with Crippen LogP contribution in [0, 0.1) is 0 Å². The number of hydrogen-bond acceptors (Lipinski definition) is 2. The third-order valence-corrected chi connectivity index (χ3v) is 3.48. The van der Waals surface area contributed by atoms with Crippen LogP contribution in [0.2, 0.25) is 0 Å². The van der Waals surface area contributed by atoms with Gasteiger partial charge in [0.15, 0.2) is 0 Å². The van der Waals surface area contributed by atoms with Gasteiger partial charge >= 0.3 is 0 Å². The summed E-state index contributed by atoms with van der Waals surface area (Å²) >= 11 is 0. The molecule has 2 heteroatoms. The zero-order chi connectivity index (χ0) is 12.3. The quantitative estimate of drug-likeness (QED) is 0.866. The summed E-state index contributed by atoms with van der Waals surface area (Å²) in [5, 5.41) is 10.2. The molecule has 3 unspecified atom stereocenters. The molecule has 2 nitrogen and oxygen atoms in total. The highest BCUT2D eigenvalue weighted by Crippen LogP contribution is 2.30. The molecular weight excluding hydrogens is 212 g/mol. The smallest absolute Gasteiger partial charge is 0.105 e. The van der Waals surface area contributed by atoms with Gasteiger partial charge in [-0.15, -0.1) is 0 Å². The highest BCUT2D eigenvalue weighted by molar-refractivity contribution is 5.25. The normalized spacial score (nSPS) is 26.1. The average Bonchev–Trinajstić information content (AvgIpc) is 2.76. The van der Waals surface area contributed by atoms with Gasteiger partial charge in [-0.2, -0.15) is 0 Å². The van der Waals surface area contributed by atoms with Crippen molar-refractivity contribution in [3.63, 3.8) is 0 Å². The van der Waals surface area contributed by atoms with Crippen molar-refractivity contribution in [1.82, 2.24) is 0 Å². The molecule has 0 spiro atoms. The lowest BCUT2D eigenvalue weighted by molar-refractivity contribution is -0.0297. The monoisotopic (exact) mass is 234 g/mol. The van der Waals surface area contributed by atoms with Crippen LogP contribution in [0.25, 0.3) is 0 Å². The van der Waals surface area contributed by atoms with Gasteiger partial charge in [0, 0.05) is 0 Å². The van der Waals surface area contributed by atoms with Crippen LogP contribution in [-0.2, 0) is 11.2 Å². The lowest BCUT2D eigenvalue weighted by Crippen LogP contribution is -2.18. The maximum atomic E-state index is 10.2. The molecule has 1 heterocycles. The Labute approximate surface area is 104 Å². The number of aliphatic hydroxyl groups excluding tert-OH is 1. The Balaban J connectivity index is 2.01. The zero-order valence-corrected chi connectivity index (χ0v) is 10.7. The first-order chi connectivity index (χ1) is 8.20. The molecule has 3 atom stereocenters. The van der Waals surface area contributed by atoms with Crippen LogP contribution >= 0.6 is 0 Å². The van der Waals surface area contributed by atoms with Gasteiger partial charge < -0.3 is 9.84 Å². The fourth-order valence-corrected chi connectivity index (χ4v) is 2.45. The van der Waals surface area contributed by atoms with Gasteiger partial charge in [0.1, 0.15) is 6.10 Å². The van der Waals surface area contributed by atoms with Gasteiger partial charge in [0.2, 0.25) is 0 Å². The molecule has 0 saturated carbocycles. The molecule has 0 amide bonds. The first kappa shape index (κ1) is 12.6. The Bertz CT molecular complexity index is 344. The van der Waals surface area contributed by atoms with Crippen molar-refractivity contribution < 1.29 is 9.84 Å². The van der Waals surface area contributed by atoms with E-state index in [1.54, 1.807) is 0 Å². The fourth-order valence-electron chi connectivity index (χ4n) is 2.45. The Morgan fingerprint density at radius 3 is 2.53 bits per heavy atom.